The second kappa shape index (κ2) is 6.12. The van der Waals surface area contributed by atoms with E-state index in [1.807, 2.05) is 0 Å². The first kappa shape index (κ1) is 14.6. The maximum Gasteiger partial charge on any atom is 0.138 e. The smallest absolute Gasteiger partial charge is 0.138 e. The van der Waals surface area contributed by atoms with Gasteiger partial charge in [0.1, 0.15) is 11.6 Å². The minimum absolute atomic E-state index is 0.330. The number of ether oxygens (including phenoxy) is 1. The summed E-state index contributed by atoms with van der Waals surface area (Å²) in [6.45, 7) is 0. The number of halogens is 4. The first-order valence-electron chi connectivity index (χ1n) is 5.45. The molecule has 0 N–H and O–H groups in total. The van der Waals surface area contributed by atoms with Crippen LogP contribution in [0.4, 0.5) is 4.39 Å². The average Bonchev–Trinajstić information content (AvgIpc) is 2.37. The van der Waals surface area contributed by atoms with Crippen LogP contribution in [-0.4, -0.2) is 7.11 Å². The average molecular weight is 364 g/mol. The van der Waals surface area contributed by atoms with Crippen molar-refractivity contribution in [1.82, 2.24) is 0 Å². The number of rotatable bonds is 3. The molecule has 0 saturated heterocycles. The van der Waals surface area contributed by atoms with Gasteiger partial charge in [-0.15, -0.1) is 11.6 Å². The van der Waals surface area contributed by atoms with Gasteiger partial charge in [0.05, 0.1) is 17.0 Å². The van der Waals surface area contributed by atoms with E-state index in [-0.39, 0.29) is 5.82 Å². The monoisotopic (exact) mass is 362 g/mol. The van der Waals surface area contributed by atoms with Gasteiger partial charge in [0.2, 0.25) is 0 Å². The van der Waals surface area contributed by atoms with Crippen molar-refractivity contribution in [1.29, 1.82) is 0 Å². The van der Waals surface area contributed by atoms with E-state index in [2.05, 4.69) is 15.9 Å². The first-order chi connectivity index (χ1) is 9.02. The van der Waals surface area contributed by atoms with E-state index in [9.17, 15) is 4.39 Å². The Bertz CT molecular complexity index is 604. The molecule has 0 amide bonds. The Labute approximate surface area is 129 Å². The van der Waals surface area contributed by atoms with Gasteiger partial charge in [-0.3, -0.25) is 0 Å². The lowest BCUT2D eigenvalue weighted by atomic mass is 10.0. The molecule has 0 fully saturated rings. The lowest BCUT2D eigenvalue weighted by Gasteiger charge is -2.16. The minimum atomic E-state index is -0.541. The number of benzene rings is 2. The van der Waals surface area contributed by atoms with Gasteiger partial charge in [-0.25, -0.2) is 4.39 Å². The van der Waals surface area contributed by atoms with E-state index >= 15 is 0 Å². The molecule has 100 valence electrons. The van der Waals surface area contributed by atoms with Crippen LogP contribution in [0.5, 0.6) is 5.75 Å². The summed E-state index contributed by atoms with van der Waals surface area (Å²) >= 11 is 15.8. The molecule has 0 aliphatic heterocycles. The van der Waals surface area contributed by atoms with Gasteiger partial charge in [-0.2, -0.15) is 0 Å². The van der Waals surface area contributed by atoms with E-state index < -0.39 is 5.38 Å². The first-order valence-corrected chi connectivity index (χ1v) is 7.06. The summed E-state index contributed by atoms with van der Waals surface area (Å²) < 4.78 is 19.3. The van der Waals surface area contributed by atoms with Crippen LogP contribution in [0.1, 0.15) is 16.5 Å². The normalized spacial score (nSPS) is 12.3. The minimum Gasteiger partial charge on any atom is -0.495 e. The summed E-state index contributed by atoms with van der Waals surface area (Å²) in [5, 5.41) is -0.00891. The predicted octanol–water partition coefficient (Wildman–Crippen LogP) is 5.58. The fraction of sp³-hybridized carbons (Fsp3) is 0.143. The number of alkyl halides is 1. The predicted molar refractivity (Wildman–Crippen MR) is 79.8 cm³/mol. The van der Waals surface area contributed by atoms with Gasteiger partial charge in [-0.05, 0) is 45.8 Å². The van der Waals surface area contributed by atoms with Crippen molar-refractivity contribution >= 4 is 39.1 Å². The third-order valence-electron chi connectivity index (χ3n) is 2.66. The van der Waals surface area contributed by atoms with Crippen LogP contribution in [-0.2, 0) is 0 Å². The van der Waals surface area contributed by atoms with Gasteiger partial charge in [0.25, 0.3) is 0 Å². The molecular formula is C14H10BrCl2FO. The maximum absolute atomic E-state index is 13.3. The summed E-state index contributed by atoms with van der Waals surface area (Å²) in [4.78, 5) is 0. The van der Waals surface area contributed by atoms with Crippen molar-refractivity contribution in [2.45, 2.75) is 5.38 Å². The lowest BCUT2D eigenvalue weighted by Crippen LogP contribution is -1.99. The van der Waals surface area contributed by atoms with Gasteiger partial charge in [0.15, 0.2) is 0 Å². The quantitative estimate of drug-likeness (QED) is 0.647. The van der Waals surface area contributed by atoms with E-state index in [1.54, 1.807) is 31.4 Å². The Balaban J connectivity index is 2.52. The highest BCUT2D eigenvalue weighted by Crippen LogP contribution is 2.41. The highest BCUT2D eigenvalue weighted by atomic mass is 79.9. The number of methoxy groups -OCH3 is 1. The van der Waals surface area contributed by atoms with Crippen molar-refractivity contribution in [2.24, 2.45) is 0 Å². The van der Waals surface area contributed by atoms with Gasteiger partial charge < -0.3 is 4.74 Å². The van der Waals surface area contributed by atoms with Crippen molar-refractivity contribution in [3.05, 3.63) is 62.8 Å². The molecule has 0 aliphatic rings. The van der Waals surface area contributed by atoms with Crippen LogP contribution < -0.4 is 4.74 Å². The Kier molecular flexibility index (Phi) is 4.71. The van der Waals surface area contributed by atoms with Gasteiger partial charge in [0, 0.05) is 10.6 Å². The molecule has 0 aliphatic carbocycles. The molecule has 0 bridgehead atoms. The Morgan fingerprint density at radius 3 is 2.63 bits per heavy atom. The van der Waals surface area contributed by atoms with Crippen LogP contribution in [0.2, 0.25) is 5.02 Å². The molecule has 0 heterocycles. The summed E-state index contributed by atoms with van der Waals surface area (Å²) in [7, 11) is 1.55. The molecule has 2 aromatic rings. The lowest BCUT2D eigenvalue weighted by molar-refractivity contribution is 0.407. The van der Waals surface area contributed by atoms with Crippen LogP contribution in [0.15, 0.2) is 40.9 Å². The molecule has 1 nitrogen and oxygen atoms in total. The zero-order valence-corrected chi connectivity index (χ0v) is 13.1. The van der Waals surface area contributed by atoms with E-state index in [0.717, 1.165) is 0 Å². The molecule has 0 spiro atoms. The number of hydrogen-bond donors (Lipinski definition) is 0. The van der Waals surface area contributed by atoms with Crippen LogP contribution in [0, 0.1) is 5.82 Å². The third-order valence-corrected chi connectivity index (χ3v) is 3.95. The fourth-order valence-electron chi connectivity index (χ4n) is 1.83. The SMILES string of the molecule is COc1c(Br)cc(Cl)cc1C(Cl)c1cccc(F)c1. The largest absolute Gasteiger partial charge is 0.495 e. The van der Waals surface area contributed by atoms with Crippen LogP contribution in [0.3, 0.4) is 0 Å². The zero-order chi connectivity index (χ0) is 14.0. The third kappa shape index (κ3) is 3.22. The summed E-state index contributed by atoms with van der Waals surface area (Å²) in [6, 6.07) is 9.58. The van der Waals surface area contributed by atoms with Crippen molar-refractivity contribution in [3.8, 4) is 5.75 Å². The molecule has 0 saturated carbocycles. The van der Waals surface area contributed by atoms with Gasteiger partial charge >= 0.3 is 0 Å². The Hall–Kier alpha value is -0.770. The molecule has 1 unspecified atom stereocenters. The molecular weight excluding hydrogens is 354 g/mol. The second-order valence-electron chi connectivity index (χ2n) is 3.93. The molecule has 1 atom stereocenters. The van der Waals surface area contributed by atoms with Crippen molar-refractivity contribution < 1.29 is 9.13 Å². The molecule has 0 radical (unpaired) electrons. The highest BCUT2D eigenvalue weighted by Gasteiger charge is 2.19. The Morgan fingerprint density at radius 1 is 1.26 bits per heavy atom. The molecule has 19 heavy (non-hydrogen) atoms. The Morgan fingerprint density at radius 2 is 2.00 bits per heavy atom. The maximum atomic E-state index is 13.3. The van der Waals surface area contributed by atoms with E-state index in [4.69, 9.17) is 27.9 Å². The number of hydrogen-bond acceptors (Lipinski definition) is 1. The summed E-state index contributed by atoms with van der Waals surface area (Å²) in [5.41, 5.74) is 1.34. The zero-order valence-electron chi connectivity index (χ0n) is 9.96. The van der Waals surface area contributed by atoms with Gasteiger partial charge in [-0.1, -0.05) is 23.7 Å². The summed E-state index contributed by atoms with van der Waals surface area (Å²) in [5.74, 6) is 0.261. The van der Waals surface area contributed by atoms with Crippen LogP contribution in [0.25, 0.3) is 0 Å². The van der Waals surface area contributed by atoms with Crippen molar-refractivity contribution in [2.75, 3.05) is 7.11 Å². The highest BCUT2D eigenvalue weighted by molar-refractivity contribution is 9.10. The topological polar surface area (TPSA) is 9.23 Å². The molecule has 0 aromatic heterocycles. The fourth-order valence-corrected chi connectivity index (χ4v) is 3.12. The van der Waals surface area contributed by atoms with E-state index in [0.29, 0.717) is 26.4 Å². The molecule has 2 aromatic carbocycles. The second-order valence-corrected chi connectivity index (χ2v) is 5.65. The molecule has 2 rings (SSSR count). The van der Waals surface area contributed by atoms with Crippen molar-refractivity contribution in [3.63, 3.8) is 0 Å². The standard InChI is InChI=1S/C14H10BrCl2FO/c1-19-14-11(6-9(16)7-12(14)15)13(17)8-3-2-4-10(18)5-8/h2-7,13H,1H3. The van der Waals surface area contributed by atoms with E-state index in [1.165, 1.54) is 12.1 Å². The summed E-state index contributed by atoms with van der Waals surface area (Å²) in [6.07, 6.45) is 0. The van der Waals surface area contributed by atoms with Crippen LogP contribution >= 0.6 is 39.1 Å². The molecule has 5 heteroatoms.